The van der Waals surface area contributed by atoms with E-state index in [0.717, 1.165) is 16.7 Å². The number of imide groups is 1. The summed E-state index contributed by atoms with van der Waals surface area (Å²) in [6, 6.07) is 4.22. The summed E-state index contributed by atoms with van der Waals surface area (Å²) in [4.78, 5) is 26.5. The number of nitrogens with zero attached hydrogens (tertiary/aromatic N) is 2. The Morgan fingerprint density at radius 3 is 2.15 bits per heavy atom. The number of fused-ring (bicyclic) bond motifs is 13. The zero-order valence-electron chi connectivity index (χ0n) is 20.4. The van der Waals surface area contributed by atoms with Crippen molar-refractivity contribution in [1.29, 1.82) is 0 Å². The molecule has 10 nitrogen and oxygen atoms in total. The van der Waals surface area contributed by atoms with Crippen LogP contribution in [-0.4, -0.2) is 66.3 Å². The molecule has 0 radical (unpaired) electrons. The number of aryl methyl sites for hydroxylation is 1. The van der Waals surface area contributed by atoms with Crippen molar-refractivity contribution >= 4 is 55.4 Å². The molecule has 40 heavy (non-hydrogen) atoms. The lowest BCUT2D eigenvalue weighted by Crippen LogP contribution is -2.64. The van der Waals surface area contributed by atoms with Crippen molar-refractivity contribution in [2.24, 2.45) is 0 Å². The van der Waals surface area contributed by atoms with Crippen LogP contribution in [0.1, 0.15) is 32.5 Å². The van der Waals surface area contributed by atoms with Crippen LogP contribution < -0.4 is 5.32 Å². The third kappa shape index (κ3) is 2.41. The van der Waals surface area contributed by atoms with E-state index in [1.165, 1.54) is 23.6 Å². The third-order valence-electron chi connectivity index (χ3n) is 8.56. The van der Waals surface area contributed by atoms with Crippen molar-refractivity contribution in [3.05, 3.63) is 58.4 Å². The van der Waals surface area contributed by atoms with E-state index in [-0.39, 0.29) is 60.3 Å². The standard InChI is InChI=1S/C27H18F3N3O7/c1-7-2-13-8(3-10(7)28)15-17-18(25(39)31-24(17)38)16-9-4-11(29)12(30)5-14(9)33-20(16)19(15)32(13)26-22(36)21(35)23(37)27(33,6-34)40-26/h2-5,21-23,26,34-37H,6H2,1H3,(H,31,38,39)/t21-,22-,23+,26-,27+/m1/s1. The van der Waals surface area contributed by atoms with Gasteiger partial charge in [0.1, 0.15) is 24.1 Å². The van der Waals surface area contributed by atoms with Gasteiger partial charge in [-0.05, 0) is 30.7 Å². The molecule has 5 aromatic rings. The molecule has 204 valence electrons. The van der Waals surface area contributed by atoms with Crippen molar-refractivity contribution in [1.82, 2.24) is 14.5 Å². The van der Waals surface area contributed by atoms with E-state index in [4.69, 9.17) is 4.74 Å². The van der Waals surface area contributed by atoms with Crippen LogP contribution in [0.5, 0.6) is 0 Å². The Morgan fingerprint density at radius 1 is 0.875 bits per heavy atom. The summed E-state index contributed by atoms with van der Waals surface area (Å²) < 4.78 is 53.2. The Kier molecular flexibility index (Phi) is 4.28. The van der Waals surface area contributed by atoms with Crippen LogP contribution in [0.4, 0.5) is 13.2 Å². The molecule has 5 heterocycles. The van der Waals surface area contributed by atoms with Gasteiger partial charge in [-0.3, -0.25) is 14.9 Å². The van der Waals surface area contributed by atoms with Crippen molar-refractivity contribution in [2.45, 2.75) is 37.2 Å². The molecular weight excluding hydrogens is 535 g/mol. The summed E-state index contributed by atoms with van der Waals surface area (Å²) >= 11 is 0. The van der Waals surface area contributed by atoms with Crippen molar-refractivity contribution < 1.29 is 47.9 Å². The highest BCUT2D eigenvalue weighted by Crippen LogP contribution is 2.53. The summed E-state index contributed by atoms with van der Waals surface area (Å²) in [6.45, 7) is 0.483. The minimum absolute atomic E-state index is 0.0128. The molecule has 3 aliphatic rings. The summed E-state index contributed by atoms with van der Waals surface area (Å²) in [5.41, 5.74) is -2.18. The van der Waals surface area contributed by atoms with Crippen molar-refractivity contribution in [3.63, 3.8) is 0 Å². The van der Waals surface area contributed by atoms with Crippen molar-refractivity contribution in [2.75, 3.05) is 6.61 Å². The zero-order valence-corrected chi connectivity index (χ0v) is 20.4. The van der Waals surface area contributed by atoms with E-state index >= 15 is 0 Å². The molecule has 0 spiro atoms. The largest absolute Gasteiger partial charge is 0.391 e. The molecular formula is C27H18F3N3O7. The second kappa shape index (κ2) is 7.19. The van der Waals surface area contributed by atoms with Crippen LogP contribution in [0.3, 0.4) is 0 Å². The molecule has 13 heteroatoms. The predicted molar refractivity (Wildman–Crippen MR) is 132 cm³/mol. The smallest absolute Gasteiger partial charge is 0.259 e. The lowest BCUT2D eigenvalue weighted by atomic mass is 9.92. The monoisotopic (exact) mass is 553 g/mol. The Balaban J connectivity index is 1.79. The number of hydrogen-bond donors (Lipinski definition) is 5. The molecule has 0 saturated carbocycles. The lowest BCUT2D eigenvalue weighted by molar-refractivity contribution is -0.324. The molecule has 5 atom stereocenters. The molecule has 0 unspecified atom stereocenters. The fraction of sp³-hybridized carbons (Fsp3) is 0.259. The maximum Gasteiger partial charge on any atom is 0.259 e. The van der Waals surface area contributed by atoms with Crippen LogP contribution in [0.25, 0.3) is 43.6 Å². The fourth-order valence-corrected chi connectivity index (χ4v) is 6.83. The van der Waals surface area contributed by atoms with Gasteiger partial charge in [-0.15, -0.1) is 0 Å². The average molecular weight is 553 g/mol. The number of amides is 2. The minimum Gasteiger partial charge on any atom is -0.391 e. The van der Waals surface area contributed by atoms with Gasteiger partial charge in [0.15, 0.2) is 23.6 Å². The Morgan fingerprint density at radius 2 is 1.48 bits per heavy atom. The summed E-state index contributed by atoms with van der Waals surface area (Å²) in [6.07, 6.45) is -7.21. The number of benzene rings is 3. The van der Waals surface area contributed by atoms with E-state index < -0.39 is 66.1 Å². The highest BCUT2D eigenvalue weighted by Gasteiger charge is 2.58. The minimum atomic E-state index is -2.27. The number of carbonyl (C=O) groups is 2. The molecule has 2 aromatic heterocycles. The molecule has 2 amide bonds. The van der Waals surface area contributed by atoms with E-state index in [2.05, 4.69) is 5.32 Å². The number of ether oxygens (including phenoxy) is 1. The molecule has 8 rings (SSSR count). The fourth-order valence-electron chi connectivity index (χ4n) is 6.83. The number of nitrogens with one attached hydrogen (secondary N) is 1. The average Bonchev–Trinajstić information content (AvgIpc) is 3.47. The first-order chi connectivity index (χ1) is 19.0. The molecule has 0 aliphatic carbocycles. The molecule has 5 N–H and O–H groups in total. The van der Waals surface area contributed by atoms with Crippen molar-refractivity contribution in [3.8, 4) is 0 Å². The van der Waals surface area contributed by atoms with Gasteiger partial charge in [0, 0.05) is 27.6 Å². The number of hydrogen-bond acceptors (Lipinski definition) is 7. The van der Waals surface area contributed by atoms with Crippen LogP contribution in [0, 0.1) is 24.4 Å². The van der Waals surface area contributed by atoms with E-state index in [1.54, 1.807) is 0 Å². The molecule has 1 fully saturated rings. The van der Waals surface area contributed by atoms with E-state index in [9.17, 15) is 43.2 Å². The molecule has 2 bridgehead atoms. The summed E-state index contributed by atoms with van der Waals surface area (Å²) in [5.74, 6) is -4.84. The quantitative estimate of drug-likeness (QED) is 0.199. The predicted octanol–water partition coefficient (Wildman–Crippen LogP) is 1.78. The Hall–Kier alpha value is -4.01. The SMILES string of the molecule is Cc1cc2c(cc1F)c1c3c(c4c5cc(F)c(F)cc5n5c4c1n2[C@@H]1O[C@@]5(CO)[C@@H](O)[C@H](O)[C@H]1O)C(=O)NC3=O. The number of aromatic nitrogens is 2. The number of rotatable bonds is 1. The number of aliphatic hydroxyl groups excluding tert-OH is 4. The van der Waals surface area contributed by atoms with Gasteiger partial charge in [-0.1, -0.05) is 0 Å². The Bertz CT molecular complexity index is 2070. The topological polar surface area (TPSA) is 146 Å². The molecule has 1 saturated heterocycles. The maximum atomic E-state index is 15.0. The van der Waals surface area contributed by atoms with Crippen LogP contribution >= 0.6 is 0 Å². The zero-order chi connectivity index (χ0) is 28.2. The van der Waals surface area contributed by atoms with Gasteiger partial charge >= 0.3 is 0 Å². The van der Waals surface area contributed by atoms with E-state index in [0.29, 0.717) is 0 Å². The highest BCUT2D eigenvalue weighted by atomic mass is 19.2. The summed E-state index contributed by atoms with van der Waals surface area (Å²) in [5, 5.41) is 46.6. The summed E-state index contributed by atoms with van der Waals surface area (Å²) in [7, 11) is 0. The van der Waals surface area contributed by atoms with Gasteiger partial charge in [-0.2, -0.15) is 0 Å². The van der Waals surface area contributed by atoms with Gasteiger partial charge in [0.2, 0.25) is 0 Å². The second-order valence-corrected chi connectivity index (χ2v) is 10.5. The lowest BCUT2D eigenvalue weighted by Gasteiger charge is -2.48. The second-order valence-electron chi connectivity index (χ2n) is 10.5. The third-order valence-corrected chi connectivity index (χ3v) is 8.56. The van der Waals surface area contributed by atoms with Gasteiger partial charge in [0.05, 0.1) is 39.8 Å². The number of halogens is 3. The molecule has 3 aromatic carbocycles. The van der Waals surface area contributed by atoms with Gasteiger partial charge in [0.25, 0.3) is 11.8 Å². The first-order valence-corrected chi connectivity index (χ1v) is 12.3. The highest BCUT2D eigenvalue weighted by molar-refractivity contribution is 6.39. The molecule has 3 aliphatic heterocycles. The van der Waals surface area contributed by atoms with Crippen LogP contribution in [-0.2, 0) is 10.5 Å². The normalized spacial score (nSPS) is 27.4. The Labute approximate surface area is 220 Å². The van der Waals surface area contributed by atoms with Crippen LogP contribution in [0.2, 0.25) is 0 Å². The van der Waals surface area contributed by atoms with Gasteiger partial charge < -0.3 is 34.3 Å². The van der Waals surface area contributed by atoms with Gasteiger partial charge in [-0.25, -0.2) is 13.2 Å². The number of carbonyl (C=O) groups excluding carboxylic acids is 2. The maximum absolute atomic E-state index is 15.0. The number of aliphatic hydroxyl groups is 4. The van der Waals surface area contributed by atoms with Crippen LogP contribution in [0.15, 0.2) is 24.3 Å². The first kappa shape index (κ1) is 23.8. The van der Waals surface area contributed by atoms with E-state index in [1.807, 2.05) is 0 Å². The first-order valence-electron chi connectivity index (χ1n) is 12.3.